The van der Waals surface area contributed by atoms with E-state index >= 15 is 0 Å². The number of Topliss-reactive ketones (excluding diaryl/α,β-unsaturated/α-hetero) is 1. The van der Waals surface area contributed by atoms with Crippen molar-refractivity contribution >= 4 is 29.1 Å². The van der Waals surface area contributed by atoms with Crippen molar-refractivity contribution in [3.8, 4) is 11.5 Å². The molecule has 0 bridgehead atoms. The van der Waals surface area contributed by atoms with E-state index in [4.69, 9.17) is 30.6 Å². The van der Waals surface area contributed by atoms with Gasteiger partial charge in [-0.1, -0.05) is 16.8 Å². The van der Waals surface area contributed by atoms with Crippen LogP contribution in [0.4, 0.5) is 0 Å². The molecular formula is C21H22ClN3O4S. The Labute approximate surface area is 183 Å². The maximum absolute atomic E-state index is 12.9. The summed E-state index contributed by atoms with van der Waals surface area (Å²) in [6, 6.07) is 0. The van der Waals surface area contributed by atoms with E-state index in [1.807, 2.05) is 0 Å². The Hall–Kier alpha value is -1.48. The van der Waals surface area contributed by atoms with Crippen molar-refractivity contribution in [3.63, 3.8) is 0 Å². The highest BCUT2D eigenvalue weighted by atomic mass is 35.5. The van der Waals surface area contributed by atoms with Crippen LogP contribution in [-0.2, 0) is 37.5 Å². The fraction of sp³-hybridized carbons (Fsp3) is 0.619. The molecule has 0 aromatic carbocycles. The highest BCUT2D eigenvalue weighted by Gasteiger charge is 2.50. The lowest BCUT2D eigenvalue weighted by molar-refractivity contribution is -0.122. The van der Waals surface area contributed by atoms with Gasteiger partial charge in [0.05, 0.1) is 30.9 Å². The van der Waals surface area contributed by atoms with Gasteiger partial charge in [0.15, 0.2) is 23.1 Å². The number of ketones is 1. The fourth-order valence-electron chi connectivity index (χ4n) is 5.28. The summed E-state index contributed by atoms with van der Waals surface area (Å²) >= 11 is 8.29. The quantitative estimate of drug-likeness (QED) is 0.613. The Kier molecular flexibility index (Phi) is 4.50. The van der Waals surface area contributed by atoms with Crippen LogP contribution < -0.4 is 0 Å². The molecule has 0 amide bonds. The number of aromatic nitrogens is 3. The van der Waals surface area contributed by atoms with Gasteiger partial charge in [-0.3, -0.25) is 4.79 Å². The Morgan fingerprint density at radius 2 is 1.93 bits per heavy atom. The third-order valence-electron chi connectivity index (χ3n) is 6.86. The van der Waals surface area contributed by atoms with Crippen LogP contribution in [0.15, 0.2) is 4.52 Å². The molecule has 2 aromatic heterocycles. The van der Waals surface area contributed by atoms with Crippen LogP contribution in [0.5, 0.6) is 0 Å². The minimum atomic E-state index is -0.594. The van der Waals surface area contributed by atoms with Gasteiger partial charge in [-0.25, -0.2) is 9.97 Å². The summed E-state index contributed by atoms with van der Waals surface area (Å²) in [6.45, 7) is 2.22. The second-order valence-corrected chi connectivity index (χ2v) is 10.4. The SMILES string of the molecule is O=C1CCCS[C@@]12CCCc1c(-c3nc(Cl)c4c(n3)[C@@]3(CCOC3)COC4)noc12. The van der Waals surface area contributed by atoms with Gasteiger partial charge in [0.2, 0.25) is 0 Å². The molecule has 5 heterocycles. The Balaban J connectivity index is 1.48. The number of nitrogens with zero attached hydrogens (tertiary/aromatic N) is 3. The summed E-state index contributed by atoms with van der Waals surface area (Å²) in [6.07, 6.45) is 4.91. The van der Waals surface area contributed by atoms with Crippen molar-refractivity contribution in [1.29, 1.82) is 0 Å². The van der Waals surface area contributed by atoms with Gasteiger partial charge in [-0.05, 0) is 37.9 Å². The molecule has 2 spiro atoms. The van der Waals surface area contributed by atoms with Crippen LogP contribution >= 0.6 is 23.4 Å². The summed E-state index contributed by atoms with van der Waals surface area (Å²) in [7, 11) is 0. The molecule has 2 saturated heterocycles. The molecule has 0 unspecified atom stereocenters. The van der Waals surface area contributed by atoms with Crippen LogP contribution in [0.2, 0.25) is 5.15 Å². The highest BCUT2D eigenvalue weighted by molar-refractivity contribution is 8.01. The molecule has 9 heteroatoms. The first-order chi connectivity index (χ1) is 14.6. The van der Waals surface area contributed by atoms with Crippen LogP contribution in [-0.4, -0.2) is 46.5 Å². The zero-order valence-corrected chi connectivity index (χ0v) is 18.1. The molecule has 2 atom stereocenters. The van der Waals surface area contributed by atoms with Gasteiger partial charge < -0.3 is 14.0 Å². The van der Waals surface area contributed by atoms with Crippen molar-refractivity contribution < 1.29 is 18.8 Å². The zero-order valence-electron chi connectivity index (χ0n) is 16.5. The van der Waals surface area contributed by atoms with Crippen molar-refractivity contribution in [2.45, 2.75) is 55.3 Å². The summed E-state index contributed by atoms with van der Waals surface area (Å²) < 4.78 is 16.7. The lowest BCUT2D eigenvalue weighted by atomic mass is 9.80. The first kappa shape index (κ1) is 19.2. The number of carbonyl (C=O) groups excluding carboxylic acids is 1. The normalized spacial score (nSPS) is 30.6. The van der Waals surface area contributed by atoms with Gasteiger partial charge in [-0.15, -0.1) is 11.8 Å². The molecule has 4 aliphatic rings. The van der Waals surface area contributed by atoms with E-state index in [1.165, 1.54) is 0 Å². The van der Waals surface area contributed by atoms with Crippen LogP contribution in [0.1, 0.15) is 54.7 Å². The molecule has 0 saturated carbocycles. The summed E-state index contributed by atoms with van der Waals surface area (Å²) in [4.78, 5) is 22.4. The Morgan fingerprint density at radius 1 is 1.03 bits per heavy atom. The summed E-state index contributed by atoms with van der Waals surface area (Å²) in [5, 5.41) is 4.77. The first-order valence-electron chi connectivity index (χ1n) is 10.5. The van der Waals surface area contributed by atoms with Gasteiger partial charge in [-0.2, -0.15) is 0 Å². The standard InChI is InChI=1S/C21H22ClN3O4S/c22-18-13-9-28-11-20(6-7-27-10-20)16(13)23-19(24-18)15-12-3-1-5-21(17(12)29-25-15)14(26)4-2-8-30-21/h1-11H2/t20-,21+/m1/s1. The Bertz CT molecular complexity index is 1040. The van der Waals surface area contributed by atoms with Crippen LogP contribution in [0.25, 0.3) is 11.5 Å². The highest BCUT2D eigenvalue weighted by Crippen LogP contribution is 2.52. The minimum Gasteiger partial charge on any atom is -0.380 e. The largest absolute Gasteiger partial charge is 0.380 e. The van der Waals surface area contributed by atoms with E-state index < -0.39 is 4.75 Å². The average molecular weight is 448 g/mol. The Morgan fingerprint density at radius 3 is 2.77 bits per heavy atom. The predicted molar refractivity (Wildman–Crippen MR) is 111 cm³/mol. The minimum absolute atomic E-state index is 0.256. The number of halogens is 1. The molecule has 6 rings (SSSR count). The predicted octanol–water partition coefficient (Wildman–Crippen LogP) is 3.60. The second kappa shape index (κ2) is 7.02. The molecule has 30 heavy (non-hydrogen) atoms. The molecule has 2 aromatic rings. The molecule has 158 valence electrons. The summed E-state index contributed by atoms with van der Waals surface area (Å²) in [5.74, 6) is 2.40. The third kappa shape index (κ3) is 2.66. The van der Waals surface area contributed by atoms with E-state index in [0.29, 0.717) is 55.3 Å². The van der Waals surface area contributed by atoms with Crippen molar-refractivity contribution in [1.82, 2.24) is 15.1 Å². The van der Waals surface area contributed by atoms with Gasteiger partial charge >= 0.3 is 0 Å². The monoisotopic (exact) mass is 447 g/mol. The lowest BCUT2D eigenvalue weighted by Crippen LogP contribution is -2.39. The number of carbonyl (C=O) groups is 1. The van der Waals surface area contributed by atoms with Crippen molar-refractivity contribution in [2.24, 2.45) is 0 Å². The van der Waals surface area contributed by atoms with E-state index in [1.54, 1.807) is 11.8 Å². The van der Waals surface area contributed by atoms with E-state index in [9.17, 15) is 4.79 Å². The van der Waals surface area contributed by atoms with Gasteiger partial charge in [0.25, 0.3) is 0 Å². The first-order valence-corrected chi connectivity index (χ1v) is 11.9. The molecule has 3 aliphatic heterocycles. The number of thioether (sulfide) groups is 1. The van der Waals surface area contributed by atoms with Crippen LogP contribution in [0.3, 0.4) is 0 Å². The average Bonchev–Trinajstić information content (AvgIpc) is 3.40. The maximum Gasteiger partial charge on any atom is 0.183 e. The molecule has 0 N–H and O–H groups in total. The number of fused-ring (bicyclic) bond motifs is 4. The molecule has 1 aliphatic carbocycles. The molecular weight excluding hydrogens is 426 g/mol. The number of hydrogen-bond acceptors (Lipinski definition) is 8. The second-order valence-electron chi connectivity index (χ2n) is 8.64. The molecule has 0 radical (unpaired) electrons. The van der Waals surface area contributed by atoms with Crippen molar-refractivity contribution in [3.05, 3.63) is 27.7 Å². The number of rotatable bonds is 1. The number of ether oxygens (including phenoxy) is 2. The smallest absolute Gasteiger partial charge is 0.183 e. The van der Waals surface area contributed by atoms with Crippen molar-refractivity contribution in [2.75, 3.05) is 25.6 Å². The molecule has 7 nitrogen and oxygen atoms in total. The fourth-order valence-corrected chi connectivity index (χ4v) is 6.99. The summed E-state index contributed by atoms with van der Waals surface area (Å²) in [5.41, 5.74) is 3.04. The van der Waals surface area contributed by atoms with E-state index in [2.05, 4.69) is 10.1 Å². The maximum atomic E-state index is 12.9. The van der Waals surface area contributed by atoms with Gasteiger partial charge in [0.1, 0.15) is 9.90 Å². The number of hydrogen-bond donors (Lipinski definition) is 0. The lowest BCUT2D eigenvalue weighted by Gasteiger charge is -2.36. The van der Waals surface area contributed by atoms with E-state index in [-0.39, 0.29) is 11.2 Å². The third-order valence-corrected chi connectivity index (χ3v) is 8.77. The molecule has 2 fully saturated rings. The topological polar surface area (TPSA) is 87.3 Å². The zero-order chi connectivity index (χ0) is 20.3. The van der Waals surface area contributed by atoms with Crippen LogP contribution in [0, 0.1) is 0 Å². The van der Waals surface area contributed by atoms with E-state index in [0.717, 1.165) is 54.7 Å². The van der Waals surface area contributed by atoms with Gasteiger partial charge in [0, 0.05) is 24.2 Å².